The number of halogens is 3. The molecular weight excluding hydrogens is 221 g/mol. The van der Waals surface area contributed by atoms with Crippen LogP contribution in [0.25, 0.3) is 0 Å². The quantitative estimate of drug-likeness (QED) is 0.868. The van der Waals surface area contributed by atoms with Crippen LogP contribution in [0.4, 0.5) is 13.2 Å². The summed E-state index contributed by atoms with van der Waals surface area (Å²) in [6, 6.07) is 4.60. The fourth-order valence-corrected chi connectivity index (χ4v) is 1.59. The molecule has 1 aliphatic rings. The van der Waals surface area contributed by atoms with Crippen molar-refractivity contribution in [1.29, 1.82) is 0 Å². The SMILES string of the molecule is OCc1ccc(C2CC2)cc1OC(F)(F)F. The minimum absolute atomic E-state index is 0.154. The molecule has 1 fully saturated rings. The first-order valence-corrected chi connectivity index (χ1v) is 4.99. The van der Waals surface area contributed by atoms with E-state index in [0.29, 0.717) is 5.92 Å². The molecule has 2 rings (SSSR count). The Labute approximate surface area is 90.7 Å². The Morgan fingerprint density at radius 2 is 2.00 bits per heavy atom. The van der Waals surface area contributed by atoms with Crippen molar-refractivity contribution in [2.45, 2.75) is 31.7 Å². The van der Waals surface area contributed by atoms with E-state index in [-0.39, 0.29) is 11.3 Å². The van der Waals surface area contributed by atoms with E-state index >= 15 is 0 Å². The molecule has 0 heterocycles. The molecule has 0 saturated heterocycles. The lowest BCUT2D eigenvalue weighted by molar-refractivity contribution is -0.275. The molecule has 1 N–H and O–H groups in total. The molecule has 0 amide bonds. The fraction of sp³-hybridized carbons (Fsp3) is 0.455. The second-order valence-electron chi connectivity index (χ2n) is 3.85. The van der Waals surface area contributed by atoms with Crippen LogP contribution in [0.5, 0.6) is 5.75 Å². The van der Waals surface area contributed by atoms with Crippen LogP contribution >= 0.6 is 0 Å². The number of rotatable bonds is 3. The van der Waals surface area contributed by atoms with Crippen LogP contribution in [-0.4, -0.2) is 11.5 Å². The fourth-order valence-electron chi connectivity index (χ4n) is 1.59. The summed E-state index contributed by atoms with van der Waals surface area (Å²) in [5.41, 5.74) is 0.998. The van der Waals surface area contributed by atoms with Crippen molar-refractivity contribution in [2.24, 2.45) is 0 Å². The van der Waals surface area contributed by atoms with Gasteiger partial charge in [-0.1, -0.05) is 12.1 Å². The number of ether oxygens (including phenoxy) is 1. The van der Waals surface area contributed by atoms with E-state index in [4.69, 9.17) is 5.11 Å². The van der Waals surface area contributed by atoms with E-state index in [1.54, 1.807) is 6.07 Å². The maximum Gasteiger partial charge on any atom is 0.573 e. The van der Waals surface area contributed by atoms with Crippen LogP contribution < -0.4 is 4.74 Å². The van der Waals surface area contributed by atoms with Gasteiger partial charge in [-0.25, -0.2) is 0 Å². The number of aliphatic hydroxyl groups excluding tert-OH is 1. The Kier molecular flexibility index (Phi) is 2.80. The van der Waals surface area contributed by atoms with E-state index < -0.39 is 13.0 Å². The van der Waals surface area contributed by atoms with Crippen molar-refractivity contribution in [3.8, 4) is 5.75 Å². The van der Waals surface area contributed by atoms with Crippen molar-refractivity contribution >= 4 is 0 Å². The molecule has 0 unspecified atom stereocenters. The van der Waals surface area contributed by atoms with Crippen molar-refractivity contribution in [3.05, 3.63) is 29.3 Å². The van der Waals surface area contributed by atoms with E-state index in [1.807, 2.05) is 0 Å². The maximum atomic E-state index is 12.1. The molecule has 0 bridgehead atoms. The first-order valence-electron chi connectivity index (χ1n) is 4.99. The monoisotopic (exact) mass is 232 g/mol. The Morgan fingerprint density at radius 3 is 2.50 bits per heavy atom. The van der Waals surface area contributed by atoms with E-state index in [0.717, 1.165) is 18.4 Å². The summed E-state index contributed by atoms with van der Waals surface area (Å²) in [6.07, 6.45) is -2.71. The van der Waals surface area contributed by atoms with Crippen LogP contribution in [0, 0.1) is 0 Å². The Hall–Kier alpha value is -1.23. The molecule has 16 heavy (non-hydrogen) atoms. The molecule has 1 aliphatic carbocycles. The summed E-state index contributed by atoms with van der Waals surface area (Å²) in [6.45, 7) is -0.462. The molecule has 1 saturated carbocycles. The first-order chi connectivity index (χ1) is 7.49. The van der Waals surface area contributed by atoms with Gasteiger partial charge in [0.2, 0.25) is 0 Å². The number of hydrogen-bond acceptors (Lipinski definition) is 2. The smallest absolute Gasteiger partial charge is 0.405 e. The minimum atomic E-state index is -4.72. The standard InChI is InChI=1S/C11H11F3O2/c12-11(13,14)16-10-5-8(7-1-2-7)3-4-9(10)6-15/h3-5,7,15H,1-2,6H2. The summed E-state index contributed by atoms with van der Waals surface area (Å²) in [7, 11) is 0. The van der Waals surface area contributed by atoms with Crippen LogP contribution in [0.2, 0.25) is 0 Å². The van der Waals surface area contributed by atoms with Gasteiger partial charge in [0, 0.05) is 5.56 Å². The van der Waals surface area contributed by atoms with Gasteiger partial charge >= 0.3 is 6.36 Å². The summed E-state index contributed by atoms with van der Waals surface area (Å²) < 4.78 is 40.2. The highest BCUT2D eigenvalue weighted by Gasteiger charge is 2.33. The third kappa shape index (κ3) is 2.66. The molecule has 0 spiro atoms. The molecule has 1 aromatic rings. The van der Waals surface area contributed by atoms with E-state index in [2.05, 4.69) is 4.74 Å². The van der Waals surface area contributed by atoms with E-state index in [9.17, 15) is 13.2 Å². The van der Waals surface area contributed by atoms with E-state index in [1.165, 1.54) is 12.1 Å². The van der Waals surface area contributed by atoms with Gasteiger partial charge in [0.15, 0.2) is 0 Å². The number of benzene rings is 1. The molecule has 2 nitrogen and oxygen atoms in total. The number of hydrogen-bond donors (Lipinski definition) is 1. The highest BCUT2D eigenvalue weighted by atomic mass is 19.4. The average molecular weight is 232 g/mol. The largest absolute Gasteiger partial charge is 0.573 e. The van der Waals surface area contributed by atoms with Gasteiger partial charge in [-0.2, -0.15) is 0 Å². The normalized spacial score (nSPS) is 16.2. The summed E-state index contributed by atoms with van der Waals surface area (Å²) >= 11 is 0. The lowest BCUT2D eigenvalue weighted by Crippen LogP contribution is -2.18. The van der Waals surface area contributed by atoms with Gasteiger partial charge in [0.05, 0.1) is 6.61 Å². The number of aliphatic hydroxyl groups is 1. The van der Waals surface area contributed by atoms with Crippen molar-refractivity contribution in [2.75, 3.05) is 0 Å². The predicted octanol–water partition coefficient (Wildman–Crippen LogP) is 2.95. The van der Waals surface area contributed by atoms with Crippen LogP contribution in [-0.2, 0) is 6.61 Å². The summed E-state index contributed by atoms with van der Waals surface area (Å²) in [5.74, 6) is 0.0581. The third-order valence-electron chi connectivity index (χ3n) is 2.54. The Morgan fingerprint density at radius 1 is 1.31 bits per heavy atom. The van der Waals surface area contributed by atoms with Crippen LogP contribution in [0.15, 0.2) is 18.2 Å². The van der Waals surface area contributed by atoms with Crippen molar-refractivity contribution in [3.63, 3.8) is 0 Å². The molecular formula is C11H11F3O2. The van der Waals surface area contributed by atoms with Crippen LogP contribution in [0.3, 0.4) is 0 Å². The first kappa shape index (κ1) is 11.3. The second kappa shape index (κ2) is 3.97. The van der Waals surface area contributed by atoms with Gasteiger partial charge in [0.25, 0.3) is 0 Å². The molecule has 88 valence electrons. The van der Waals surface area contributed by atoms with Gasteiger partial charge in [-0.3, -0.25) is 0 Å². The number of alkyl halides is 3. The summed E-state index contributed by atoms with van der Waals surface area (Å²) in [5, 5.41) is 8.91. The zero-order chi connectivity index (χ0) is 11.8. The Balaban J connectivity index is 2.27. The summed E-state index contributed by atoms with van der Waals surface area (Å²) in [4.78, 5) is 0. The van der Waals surface area contributed by atoms with Gasteiger partial charge in [0.1, 0.15) is 5.75 Å². The van der Waals surface area contributed by atoms with Gasteiger partial charge < -0.3 is 9.84 Å². The topological polar surface area (TPSA) is 29.5 Å². The highest BCUT2D eigenvalue weighted by Crippen LogP contribution is 2.42. The van der Waals surface area contributed by atoms with Crippen molar-refractivity contribution in [1.82, 2.24) is 0 Å². The maximum absolute atomic E-state index is 12.1. The molecule has 0 aromatic heterocycles. The Bertz CT molecular complexity index is 383. The molecule has 0 atom stereocenters. The lowest BCUT2D eigenvalue weighted by Gasteiger charge is -2.13. The molecule has 0 radical (unpaired) electrons. The lowest BCUT2D eigenvalue weighted by atomic mass is 10.1. The van der Waals surface area contributed by atoms with Gasteiger partial charge in [-0.05, 0) is 30.4 Å². The third-order valence-corrected chi connectivity index (χ3v) is 2.54. The molecule has 5 heteroatoms. The molecule has 1 aromatic carbocycles. The average Bonchev–Trinajstić information content (AvgIpc) is 2.98. The van der Waals surface area contributed by atoms with Crippen LogP contribution in [0.1, 0.15) is 29.9 Å². The molecule has 0 aliphatic heterocycles. The second-order valence-corrected chi connectivity index (χ2v) is 3.85. The predicted molar refractivity (Wildman–Crippen MR) is 51.0 cm³/mol. The minimum Gasteiger partial charge on any atom is -0.405 e. The zero-order valence-electron chi connectivity index (χ0n) is 8.42. The zero-order valence-corrected chi connectivity index (χ0v) is 8.42. The van der Waals surface area contributed by atoms with Gasteiger partial charge in [-0.15, -0.1) is 13.2 Å². The van der Waals surface area contributed by atoms with Crippen molar-refractivity contribution < 1.29 is 23.0 Å². The highest BCUT2D eigenvalue weighted by molar-refractivity contribution is 5.40.